The number of amides is 3. The average molecular weight is 614 g/mol. The van der Waals surface area contributed by atoms with Gasteiger partial charge in [-0.05, 0) is 84.0 Å². The standard InChI is InChI=1S/C33H43N9O3/c1-32(2,3)27(39-19-28(43)42-14-6-7-24(42)18-34)17-33(31(35)40-41-36)25-12-10-22(29(44)37-4)15-20(25)8-9-21-16-23(30(45)38-5)11-13-26(21)33/h10-13,15-16,24,27,39H,6-9,14,17,19H2,1-5H3,(H,37,44)(H,38,45)(H3,35,36,40)/t24?,27-/m0/s1. The Bertz CT molecular complexity index is 1490. The molecule has 2 aliphatic rings. The summed E-state index contributed by atoms with van der Waals surface area (Å²) in [6, 6.07) is 12.4. The Morgan fingerprint density at radius 1 is 1.07 bits per heavy atom. The monoisotopic (exact) mass is 613 g/mol. The van der Waals surface area contributed by atoms with Gasteiger partial charge in [0.25, 0.3) is 11.8 Å². The Kier molecular flexibility index (Phi) is 10.0. The van der Waals surface area contributed by atoms with E-state index in [1.54, 1.807) is 31.1 Å². The number of aryl methyl sites for hydroxylation is 2. The number of nitriles is 1. The summed E-state index contributed by atoms with van der Waals surface area (Å²) in [4.78, 5) is 40.2. The fraction of sp³-hybridized carbons (Fsp3) is 0.485. The van der Waals surface area contributed by atoms with E-state index in [1.807, 2.05) is 24.3 Å². The zero-order chi connectivity index (χ0) is 32.9. The SMILES string of the molecule is CNC(=O)c1ccc2c(c1)CCc1cc(C(=O)NC)ccc1C2(C[C@H](NCC(=O)N1CCCC1C#N)C(C)(C)C)C(=N)N=NN. The van der Waals surface area contributed by atoms with E-state index in [-0.39, 0.29) is 36.1 Å². The highest BCUT2D eigenvalue weighted by Crippen LogP contribution is 2.47. The molecule has 0 radical (unpaired) electrons. The quantitative estimate of drug-likeness (QED) is 0.1000. The fourth-order valence-electron chi connectivity index (χ4n) is 6.64. The van der Waals surface area contributed by atoms with Gasteiger partial charge in [-0.25, -0.2) is 0 Å². The second kappa shape index (κ2) is 13.6. The normalized spacial score (nSPS) is 17.9. The van der Waals surface area contributed by atoms with Crippen molar-refractivity contribution in [1.29, 1.82) is 10.7 Å². The molecule has 2 aromatic rings. The third kappa shape index (κ3) is 6.59. The van der Waals surface area contributed by atoms with E-state index in [4.69, 9.17) is 5.84 Å². The van der Waals surface area contributed by atoms with E-state index in [2.05, 4.69) is 53.1 Å². The molecule has 45 heavy (non-hydrogen) atoms. The number of nitrogens with two attached hydrogens (primary N) is 1. The zero-order valence-corrected chi connectivity index (χ0v) is 26.7. The molecule has 1 unspecified atom stereocenters. The molecule has 238 valence electrons. The van der Waals surface area contributed by atoms with Crippen molar-refractivity contribution < 1.29 is 14.4 Å². The molecule has 1 aliphatic carbocycles. The Balaban J connectivity index is 1.90. The lowest BCUT2D eigenvalue weighted by molar-refractivity contribution is -0.130. The van der Waals surface area contributed by atoms with Crippen LogP contribution >= 0.6 is 0 Å². The summed E-state index contributed by atoms with van der Waals surface area (Å²) in [6.07, 6.45) is 2.85. The number of benzene rings is 2. The van der Waals surface area contributed by atoms with Crippen molar-refractivity contribution in [3.63, 3.8) is 0 Å². The van der Waals surface area contributed by atoms with E-state index in [0.29, 0.717) is 43.4 Å². The largest absolute Gasteiger partial charge is 0.355 e. The van der Waals surface area contributed by atoms with Gasteiger partial charge >= 0.3 is 0 Å². The minimum Gasteiger partial charge on any atom is -0.355 e. The van der Waals surface area contributed by atoms with Gasteiger partial charge < -0.3 is 26.7 Å². The maximum Gasteiger partial charge on any atom is 0.251 e. The molecule has 0 spiro atoms. The van der Waals surface area contributed by atoms with Crippen LogP contribution in [-0.2, 0) is 23.1 Å². The predicted molar refractivity (Wildman–Crippen MR) is 171 cm³/mol. The van der Waals surface area contributed by atoms with Gasteiger partial charge in [0.2, 0.25) is 5.91 Å². The number of nitrogens with one attached hydrogen (secondary N) is 4. The van der Waals surface area contributed by atoms with Crippen LogP contribution in [0.5, 0.6) is 0 Å². The summed E-state index contributed by atoms with van der Waals surface area (Å²) in [6.45, 7) is 6.76. The second-order valence-corrected chi connectivity index (χ2v) is 12.7. The van der Waals surface area contributed by atoms with Gasteiger partial charge in [0, 0.05) is 37.8 Å². The number of rotatable bonds is 8. The van der Waals surface area contributed by atoms with Crippen molar-refractivity contribution >= 4 is 23.6 Å². The van der Waals surface area contributed by atoms with Crippen molar-refractivity contribution in [3.05, 3.63) is 69.8 Å². The number of nitrogens with zero attached hydrogens (tertiary/aromatic N) is 4. The number of fused-ring (bicyclic) bond motifs is 2. The van der Waals surface area contributed by atoms with E-state index in [0.717, 1.165) is 28.7 Å². The van der Waals surface area contributed by atoms with Gasteiger partial charge in [-0.15, -0.1) is 5.11 Å². The number of hydrogen-bond acceptors (Lipinski definition) is 7. The van der Waals surface area contributed by atoms with Gasteiger partial charge in [-0.1, -0.05) is 38.1 Å². The summed E-state index contributed by atoms with van der Waals surface area (Å²) in [5, 5.41) is 35.4. The average Bonchev–Trinajstić information content (AvgIpc) is 3.47. The van der Waals surface area contributed by atoms with Gasteiger partial charge in [0.1, 0.15) is 6.04 Å². The van der Waals surface area contributed by atoms with Crippen LogP contribution in [-0.4, -0.2) is 67.7 Å². The molecular weight excluding hydrogens is 570 g/mol. The van der Waals surface area contributed by atoms with Crippen LogP contribution in [0.15, 0.2) is 46.7 Å². The van der Waals surface area contributed by atoms with Gasteiger partial charge in [-0.3, -0.25) is 19.8 Å². The van der Waals surface area contributed by atoms with Crippen molar-refractivity contribution in [2.45, 2.75) is 70.4 Å². The number of carbonyl (C=O) groups is 3. The molecule has 0 bridgehead atoms. The maximum absolute atomic E-state index is 13.3. The highest BCUT2D eigenvalue weighted by Gasteiger charge is 2.47. The first-order valence-corrected chi connectivity index (χ1v) is 15.2. The van der Waals surface area contributed by atoms with Crippen molar-refractivity contribution in [2.24, 2.45) is 21.6 Å². The third-order valence-electron chi connectivity index (χ3n) is 9.11. The van der Waals surface area contributed by atoms with Crippen LogP contribution < -0.4 is 21.8 Å². The first-order chi connectivity index (χ1) is 21.4. The van der Waals surface area contributed by atoms with Crippen LogP contribution in [0.3, 0.4) is 0 Å². The molecule has 3 amide bonds. The highest BCUT2D eigenvalue weighted by molar-refractivity contribution is 5.99. The number of amidine groups is 1. The fourth-order valence-corrected chi connectivity index (χ4v) is 6.64. The predicted octanol–water partition coefficient (Wildman–Crippen LogP) is 3.00. The lowest BCUT2D eigenvalue weighted by Gasteiger charge is -2.42. The lowest BCUT2D eigenvalue weighted by atomic mass is 9.64. The molecule has 1 fully saturated rings. The molecule has 12 nitrogen and oxygen atoms in total. The van der Waals surface area contributed by atoms with Crippen LogP contribution in [0.25, 0.3) is 0 Å². The molecule has 12 heteroatoms. The number of likely N-dealkylation sites (tertiary alicyclic amines) is 1. The zero-order valence-electron chi connectivity index (χ0n) is 26.7. The molecule has 0 aromatic heterocycles. The van der Waals surface area contributed by atoms with E-state index in [1.165, 1.54) is 0 Å². The highest BCUT2D eigenvalue weighted by atomic mass is 16.2. The summed E-state index contributed by atoms with van der Waals surface area (Å²) in [5.41, 5.74) is 2.67. The Morgan fingerprint density at radius 3 is 2.09 bits per heavy atom. The molecular formula is C33H43N9O3. The van der Waals surface area contributed by atoms with E-state index in [9.17, 15) is 25.1 Å². The minimum absolute atomic E-state index is 0.0207. The van der Waals surface area contributed by atoms with Gasteiger partial charge in [-0.2, -0.15) is 5.26 Å². The molecule has 1 saturated heterocycles. The van der Waals surface area contributed by atoms with E-state index >= 15 is 0 Å². The number of carbonyl (C=O) groups excluding carboxylic acids is 3. The molecule has 6 N–H and O–H groups in total. The van der Waals surface area contributed by atoms with Crippen LogP contribution in [0, 0.1) is 22.2 Å². The summed E-state index contributed by atoms with van der Waals surface area (Å²) in [7, 11) is 3.15. The first-order valence-electron chi connectivity index (χ1n) is 15.2. The third-order valence-corrected chi connectivity index (χ3v) is 9.11. The summed E-state index contributed by atoms with van der Waals surface area (Å²) < 4.78 is 0. The van der Waals surface area contributed by atoms with Crippen molar-refractivity contribution in [1.82, 2.24) is 20.9 Å². The van der Waals surface area contributed by atoms with Crippen molar-refractivity contribution in [2.75, 3.05) is 27.2 Å². The minimum atomic E-state index is -1.21. The first kappa shape index (κ1) is 33.3. The van der Waals surface area contributed by atoms with Crippen LogP contribution in [0.1, 0.15) is 83.0 Å². The Morgan fingerprint density at radius 2 is 1.62 bits per heavy atom. The van der Waals surface area contributed by atoms with Crippen LogP contribution in [0.4, 0.5) is 0 Å². The molecule has 2 atom stereocenters. The summed E-state index contributed by atoms with van der Waals surface area (Å²) in [5.74, 6) is 4.87. The topological polar surface area (TPSA) is 189 Å². The molecule has 1 aliphatic heterocycles. The Labute approximate surface area is 264 Å². The van der Waals surface area contributed by atoms with Crippen molar-refractivity contribution in [3.8, 4) is 6.07 Å². The smallest absolute Gasteiger partial charge is 0.251 e. The van der Waals surface area contributed by atoms with Crippen LogP contribution in [0.2, 0.25) is 0 Å². The Hall–Kier alpha value is -4.63. The molecule has 1 heterocycles. The van der Waals surface area contributed by atoms with Gasteiger partial charge in [0.15, 0.2) is 5.84 Å². The lowest BCUT2D eigenvalue weighted by Crippen LogP contribution is -2.52. The molecule has 2 aromatic carbocycles. The van der Waals surface area contributed by atoms with E-state index < -0.39 is 16.9 Å². The molecule has 0 saturated carbocycles. The van der Waals surface area contributed by atoms with Gasteiger partial charge in [0.05, 0.1) is 18.0 Å². The number of hydrogen-bond donors (Lipinski definition) is 5. The maximum atomic E-state index is 13.3. The summed E-state index contributed by atoms with van der Waals surface area (Å²) >= 11 is 0. The molecule has 4 rings (SSSR count). The second-order valence-electron chi connectivity index (χ2n) is 12.7.